The summed E-state index contributed by atoms with van der Waals surface area (Å²) in [6, 6.07) is 4.58. The van der Waals surface area contributed by atoms with Crippen LogP contribution in [0.3, 0.4) is 0 Å². The molecule has 1 aliphatic heterocycles. The molecule has 1 amide bonds. The van der Waals surface area contributed by atoms with Gasteiger partial charge in [-0.2, -0.15) is 0 Å². The first-order chi connectivity index (χ1) is 15.0. The second-order valence-corrected chi connectivity index (χ2v) is 9.91. The van der Waals surface area contributed by atoms with Crippen LogP contribution in [-0.4, -0.2) is 81.2 Å². The molecule has 2 unspecified atom stereocenters. The third-order valence-corrected chi connectivity index (χ3v) is 7.18. The van der Waals surface area contributed by atoms with Crippen molar-refractivity contribution in [2.75, 3.05) is 53.4 Å². The van der Waals surface area contributed by atoms with Gasteiger partial charge in [0.15, 0.2) is 5.96 Å². The Labute approximate surface area is 191 Å². The predicted molar refractivity (Wildman–Crippen MR) is 128 cm³/mol. The molecule has 1 aliphatic carbocycles. The van der Waals surface area contributed by atoms with E-state index in [1.165, 1.54) is 37.0 Å². The molecule has 1 aromatic heterocycles. The molecule has 2 heterocycles. The maximum absolute atomic E-state index is 12.1. The fourth-order valence-electron chi connectivity index (χ4n) is 4.31. The van der Waals surface area contributed by atoms with Crippen molar-refractivity contribution in [3.05, 3.63) is 22.4 Å². The zero-order valence-corrected chi connectivity index (χ0v) is 20.1. The Kier molecular flexibility index (Phi) is 9.61. The average molecular weight is 450 g/mol. The Hall–Kier alpha value is -1.64. The third-order valence-electron chi connectivity index (χ3n) is 6.20. The molecular weight excluding hydrogens is 410 g/mol. The molecule has 2 atom stereocenters. The molecule has 31 heavy (non-hydrogen) atoms. The largest absolute Gasteiger partial charge is 0.376 e. The molecule has 1 saturated heterocycles. The fourth-order valence-corrected chi connectivity index (χ4v) is 5.17. The summed E-state index contributed by atoms with van der Waals surface area (Å²) in [7, 11) is 3.54. The number of hydrogen-bond donors (Lipinski definition) is 2. The summed E-state index contributed by atoms with van der Waals surface area (Å²) in [5.74, 6) is 1.44. The highest BCUT2D eigenvalue weighted by Crippen LogP contribution is 2.26. The molecule has 0 aromatic carbocycles. The minimum atomic E-state index is 0.00979. The van der Waals surface area contributed by atoms with Crippen LogP contribution in [0.25, 0.3) is 0 Å². The van der Waals surface area contributed by atoms with Gasteiger partial charge in [0.05, 0.1) is 18.8 Å². The lowest BCUT2D eigenvalue weighted by Gasteiger charge is -2.37. The average Bonchev–Trinajstić information content (AvgIpc) is 3.30. The molecule has 1 aromatic rings. The Balaban J connectivity index is 1.64. The van der Waals surface area contributed by atoms with Crippen molar-refractivity contribution in [1.29, 1.82) is 0 Å². The summed E-state index contributed by atoms with van der Waals surface area (Å²) in [5.41, 5.74) is 0. The maximum Gasteiger partial charge on any atom is 0.243 e. The number of amides is 1. The summed E-state index contributed by atoms with van der Waals surface area (Å²) in [6.07, 6.45) is 6.79. The monoisotopic (exact) mass is 449 g/mol. The number of morpholine rings is 1. The van der Waals surface area contributed by atoms with E-state index in [-0.39, 0.29) is 24.6 Å². The van der Waals surface area contributed by atoms with Crippen LogP contribution < -0.4 is 10.6 Å². The molecule has 174 valence electrons. The normalized spacial score (nSPS) is 22.2. The first-order valence-electron chi connectivity index (χ1n) is 11.6. The first kappa shape index (κ1) is 24.0. The van der Waals surface area contributed by atoms with Gasteiger partial charge in [-0.1, -0.05) is 25.3 Å². The lowest BCUT2D eigenvalue weighted by atomic mass is 9.89. The number of aliphatic imine (C=N–C) groups is 1. The van der Waals surface area contributed by atoms with E-state index in [4.69, 9.17) is 4.74 Å². The van der Waals surface area contributed by atoms with Gasteiger partial charge in [-0.15, -0.1) is 11.3 Å². The van der Waals surface area contributed by atoms with Gasteiger partial charge in [0.2, 0.25) is 5.91 Å². The highest BCUT2D eigenvalue weighted by Gasteiger charge is 2.26. The summed E-state index contributed by atoms with van der Waals surface area (Å²) in [5, 5.41) is 9.21. The van der Waals surface area contributed by atoms with Crippen LogP contribution in [-0.2, 0) is 9.53 Å². The van der Waals surface area contributed by atoms with E-state index in [1.54, 1.807) is 30.3 Å². The number of carbonyl (C=O) groups excluding carboxylic acids is 1. The van der Waals surface area contributed by atoms with Gasteiger partial charge >= 0.3 is 0 Å². The summed E-state index contributed by atoms with van der Waals surface area (Å²) >= 11 is 1.79. The number of carbonyl (C=O) groups is 1. The quantitative estimate of drug-likeness (QED) is 0.472. The van der Waals surface area contributed by atoms with Crippen LogP contribution in [0.15, 0.2) is 22.5 Å². The van der Waals surface area contributed by atoms with Crippen LogP contribution in [0.4, 0.5) is 0 Å². The molecule has 7 nitrogen and oxygen atoms in total. The second-order valence-electron chi connectivity index (χ2n) is 8.93. The highest BCUT2D eigenvalue weighted by molar-refractivity contribution is 7.10. The van der Waals surface area contributed by atoms with Gasteiger partial charge in [-0.05, 0) is 37.1 Å². The lowest BCUT2D eigenvalue weighted by molar-refractivity contribution is -0.127. The standard InChI is InChI=1S/C23H39N5O2S/c1-18-17-28(11-12-30-18)20(21-10-7-13-31-21)15-25-23(26-16-22(29)27(2)3)24-14-19-8-5-4-6-9-19/h7,10,13,18-20H,4-6,8-9,11-12,14-17H2,1-3H3,(H2,24,25,26). The smallest absolute Gasteiger partial charge is 0.243 e. The van der Waals surface area contributed by atoms with Gasteiger partial charge in [-0.25, -0.2) is 4.99 Å². The van der Waals surface area contributed by atoms with Crippen molar-refractivity contribution in [2.24, 2.45) is 10.9 Å². The molecule has 2 N–H and O–H groups in total. The lowest BCUT2D eigenvalue weighted by Crippen LogP contribution is -2.48. The van der Waals surface area contributed by atoms with E-state index in [9.17, 15) is 4.79 Å². The number of ether oxygens (including phenoxy) is 1. The molecule has 1 saturated carbocycles. The zero-order chi connectivity index (χ0) is 22.1. The van der Waals surface area contributed by atoms with Crippen molar-refractivity contribution in [3.8, 4) is 0 Å². The molecule has 0 bridgehead atoms. The minimum Gasteiger partial charge on any atom is -0.376 e. The number of hydrogen-bond acceptors (Lipinski definition) is 5. The Morgan fingerprint density at radius 3 is 2.81 bits per heavy atom. The number of guanidine groups is 1. The number of likely N-dealkylation sites (N-methyl/N-ethyl adjacent to an activating group) is 1. The first-order valence-corrected chi connectivity index (χ1v) is 12.5. The van der Waals surface area contributed by atoms with Crippen LogP contribution in [0.1, 0.15) is 49.9 Å². The summed E-state index contributed by atoms with van der Waals surface area (Å²) < 4.78 is 5.76. The summed E-state index contributed by atoms with van der Waals surface area (Å²) in [4.78, 5) is 22.1. The van der Waals surface area contributed by atoms with Crippen molar-refractivity contribution in [3.63, 3.8) is 0 Å². The Morgan fingerprint density at radius 1 is 1.32 bits per heavy atom. The Bertz CT molecular complexity index is 688. The van der Waals surface area contributed by atoms with Crippen molar-refractivity contribution < 1.29 is 9.53 Å². The SMILES string of the molecule is CC1CN(C(CNC(=NCC(=O)N(C)C)NCC2CCCCC2)c2cccs2)CCO1. The van der Waals surface area contributed by atoms with Crippen LogP contribution in [0.5, 0.6) is 0 Å². The van der Waals surface area contributed by atoms with E-state index in [0.717, 1.165) is 38.7 Å². The van der Waals surface area contributed by atoms with E-state index >= 15 is 0 Å². The maximum atomic E-state index is 12.1. The molecule has 2 fully saturated rings. The van der Waals surface area contributed by atoms with Gasteiger partial charge in [-0.3, -0.25) is 9.69 Å². The van der Waals surface area contributed by atoms with E-state index in [0.29, 0.717) is 5.92 Å². The topological polar surface area (TPSA) is 69.2 Å². The van der Waals surface area contributed by atoms with Crippen molar-refractivity contribution in [2.45, 2.75) is 51.2 Å². The zero-order valence-electron chi connectivity index (χ0n) is 19.3. The van der Waals surface area contributed by atoms with Crippen LogP contribution >= 0.6 is 11.3 Å². The van der Waals surface area contributed by atoms with Gasteiger partial charge in [0.1, 0.15) is 6.54 Å². The molecule has 0 spiro atoms. The van der Waals surface area contributed by atoms with E-state index in [2.05, 4.69) is 45.0 Å². The molecule has 2 aliphatic rings. The summed E-state index contributed by atoms with van der Waals surface area (Å²) in [6.45, 7) is 6.57. The van der Waals surface area contributed by atoms with Gasteiger partial charge in [0, 0.05) is 45.2 Å². The molecule has 0 radical (unpaired) electrons. The van der Waals surface area contributed by atoms with Crippen molar-refractivity contribution >= 4 is 23.2 Å². The molecule has 8 heteroatoms. The highest BCUT2D eigenvalue weighted by atomic mass is 32.1. The van der Waals surface area contributed by atoms with Gasteiger partial charge < -0.3 is 20.3 Å². The fraction of sp³-hybridized carbons (Fsp3) is 0.739. The number of thiophene rings is 1. The van der Waals surface area contributed by atoms with Crippen molar-refractivity contribution in [1.82, 2.24) is 20.4 Å². The van der Waals surface area contributed by atoms with Gasteiger partial charge in [0.25, 0.3) is 0 Å². The number of nitrogens with one attached hydrogen (secondary N) is 2. The number of nitrogens with zero attached hydrogens (tertiary/aromatic N) is 3. The molecular formula is C23H39N5O2S. The van der Waals surface area contributed by atoms with Crippen LogP contribution in [0, 0.1) is 5.92 Å². The third kappa shape index (κ3) is 7.77. The Morgan fingerprint density at radius 2 is 2.13 bits per heavy atom. The number of rotatable bonds is 8. The predicted octanol–water partition coefficient (Wildman–Crippen LogP) is 2.71. The van der Waals surface area contributed by atoms with Crippen LogP contribution in [0.2, 0.25) is 0 Å². The van der Waals surface area contributed by atoms with E-state index in [1.807, 2.05) is 0 Å². The minimum absolute atomic E-state index is 0.00979. The molecule has 3 rings (SSSR count). The second kappa shape index (κ2) is 12.4. The van der Waals surface area contributed by atoms with E-state index < -0.39 is 0 Å².